The summed E-state index contributed by atoms with van der Waals surface area (Å²) in [6.07, 6.45) is 7.54. The zero-order valence-electron chi connectivity index (χ0n) is 13.0. The number of hydrogen-bond donors (Lipinski definition) is 1. The van der Waals surface area contributed by atoms with Gasteiger partial charge in [0, 0.05) is 31.2 Å². The van der Waals surface area contributed by atoms with Crippen molar-refractivity contribution in [2.75, 3.05) is 20.1 Å². The van der Waals surface area contributed by atoms with Gasteiger partial charge in [-0.05, 0) is 62.8 Å². The molecule has 3 unspecified atom stereocenters. The zero-order valence-corrected chi connectivity index (χ0v) is 13.0. The van der Waals surface area contributed by atoms with Gasteiger partial charge in [0.1, 0.15) is 5.75 Å². The maximum atomic E-state index is 10.1. The molecule has 1 aromatic rings. The van der Waals surface area contributed by atoms with Gasteiger partial charge in [-0.1, -0.05) is 12.1 Å². The molecular weight excluding hydrogens is 260 g/mol. The second kappa shape index (κ2) is 5.29. The number of nitrogens with zero attached hydrogens (tertiary/aromatic N) is 2. The highest BCUT2D eigenvalue weighted by atomic mass is 16.3. The minimum absolute atomic E-state index is 0.505. The van der Waals surface area contributed by atoms with Crippen molar-refractivity contribution in [2.45, 2.75) is 56.7 Å². The predicted octanol–water partition coefficient (Wildman–Crippen LogP) is 2.94. The lowest BCUT2D eigenvalue weighted by molar-refractivity contribution is 0.157. The van der Waals surface area contributed by atoms with E-state index < -0.39 is 0 Å². The minimum atomic E-state index is 0.505. The smallest absolute Gasteiger partial charge is 0.119 e. The Kier molecular flexibility index (Phi) is 3.43. The van der Waals surface area contributed by atoms with Crippen LogP contribution >= 0.6 is 0 Å². The summed E-state index contributed by atoms with van der Waals surface area (Å²) in [5.41, 5.74) is 2.60. The van der Waals surface area contributed by atoms with Crippen LogP contribution in [0.15, 0.2) is 18.2 Å². The fourth-order valence-corrected chi connectivity index (χ4v) is 4.80. The van der Waals surface area contributed by atoms with Gasteiger partial charge < -0.3 is 5.11 Å². The number of phenolic OH excluding ortho intramolecular Hbond substituents is 1. The van der Waals surface area contributed by atoms with Crippen molar-refractivity contribution in [2.24, 2.45) is 0 Å². The lowest BCUT2D eigenvalue weighted by Crippen LogP contribution is -2.39. The number of likely N-dealkylation sites (tertiary alicyclic amines) is 1. The third-order valence-electron chi connectivity index (χ3n) is 6.07. The highest BCUT2D eigenvalue weighted by Crippen LogP contribution is 2.40. The van der Waals surface area contributed by atoms with Crippen LogP contribution < -0.4 is 0 Å². The van der Waals surface area contributed by atoms with E-state index in [2.05, 4.69) is 22.9 Å². The van der Waals surface area contributed by atoms with Crippen LogP contribution in [0.25, 0.3) is 0 Å². The molecule has 2 fully saturated rings. The first kappa shape index (κ1) is 13.6. The fourth-order valence-electron chi connectivity index (χ4n) is 4.80. The number of hydrogen-bond acceptors (Lipinski definition) is 3. The van der Waals surface area contributed by atoms with E-state index in [9.17, 15) is 5.11 Å². The van der Waals surface area contributed by atoms with Crippen LogP contribution in [0.4, 0.5) is 0 Å². The molecule has 2 bridgehead atoms. The maximum absolute atomic E-state index is 10.1. The number of rotatable bonds is 1. The van der Waals surface area contributed by atoms with E-state index in [1.165, 1.54) is 56.3 Å². The van der Waals surface area contributed by atoms with Gasteiger partial charge in [-0.2, -0.15) is 0 Å². The van der Waals surface area contributed by atoms with Crippen LogP contribution in [0.5, 0.6) is 5.75 Å². The van der Waals surface area contributed by atoms with E-state index in [1.54, 1.807) is 0 Å². The van der Waals surface area contributed by atoms with Gasteiger partial charge in [-0.25, -0.2) is 0 Å². The summed E-state index contributed by atoms with van der Waals surface area (Å²) >= 11 is 0. The SMILES string of the molecule is CN1C2CCC1CN(C1CCCc3c(O)cccc31)CC2. The Hall–Kier alpha value is -1.06. The van der Waals surface area contributed by atoms with Gasteiger partial charge in [0.15, 0.2) is 0 Å². The summed E-state index contributed by atoms with van der Waals surface area (Å²) in [5.74, 6) is 0.505. The van der Waals surface area contributed by atoms with Crippen molar-refractivity contribution in [1.29, 1.82) is 0 Å². The third kappa shape index (κ3) is 2.27. The maximum Gasteiger partial charge on any atom is 0.119 e. The zero-order chi connectivity index (χ0) is 14.4. The lowest BCUT2D eigenvalue weighted by atomic mass is 9.85. The molecule has 1 aliphatic carbocycles. The summed E-state index contributed by atoms with van der Waals surface area (Å²) in [6.45, 7) is 2.41. The van der Waals surface area contributed by atoms with E-state index in [-0.39, 0.29) is 0 Å². The van der Waals surface area contributed by atoms with Crippen LogP contribution in [-0.2, 0) is 6.42 Å². The molecule has 0 amide bonds. The molecule has 3 aliphatic rings. The second-order valence-corrected chi connectivity index (χ2v) is 7.09. The van der Waals surface area contributed by atoms with Crippen molar-refractivity contribution in [3.05, 3.63) is 29.3 Å². The van der Waals surface area contributed by atoms with Crippen LogP contribution in [0, 0.1) is 0 Å². The summed E-state index contributed by atoms with van der Waals surface area (Å²) in [4.78, 5) is 5.32. The molecule has 0 spiro atoms. The molecule has 3 heteroatoms. The van der Waals surface area contributed by atoms with Gasteiger partial charge in [0.2, 0.25) is 0 Å². The largest absolute Gasteiger partial charge is 0.508 e. The highest BCUT2D eigenvalue weighted by Gasteiger charge is 2.37. The van der Waals surface area contributed by atoms with Gasteiger partial charge >= 0.3 is 0 Å². The number of phenols is 1. The normalized spacial score (nSPS) is 33.7. The molecule has 0 radical (unpaired) electrons. The quantitative estimate of drug-likeness (QED) is 0.860. The molecule has 2 saturated heterocycles. The van der Waals surface area contributed by atoms with Crippen molar-refractivity contribution in [1.82, 2.24) is 9.80 Å². The van der Waals surface area contributed by atoms with E-state index in [0.717, 1.165) is 18.5 Å². The monoisotopic (exact) mass is 286 g/mol. The molecule has 0 saturated carbocycles. The van der Waals surface area contributed by atoms with Gasteiger partial charge in [0.25, 0.3) is 0 Å². The molecular formula is C18H26N2O. The Morgan fingerprint density at radius 2 is 1.95 bits per heavy atom. The molecule has 2 aliphatic heterocycles. The van der Waals surface area contributed by atoms with Crippen LogP contribution in [0.2, 0.25) is 0 Å². The lowest BCUT2D eigenvalue weighted by Gasteiger charge is -2.37. The predicted molar refractivity (Wildman–Crippen MR) is 84.5 cm³/mol. The van der Waals surface area contributed by atoms with E-state index in [0.29, 0.717) is 11.8 Å². The van der Waals surface area contributed by atoms with E-state index >= 15 is 0 Å². The Balaban J connectivity index is 1.62. The fraction of sp³-hybridized carbons (Fsp3) is 0.667. The summed E-state index contributed by atoms with van der Waals surface area (Å²) in [7, 11) is 2.31. The van der Waals surface area contributed by atoms with Crippen molar-refractivity contribution >= 4 is 0 Å². The summed E-state index contributed by atoms with van der Waals surface area (Å²) in [5, 5.41) is 10.1. The average Bonchev–Trinajstić information content (AvgIpc) is 2.73. The van der Waals surface area contributed by atoms with Crippen molar-refractivity contribution in [3.63, 3.8) is 0 Å². The molecule has 1 aromatic carbocycles. The Labute approximate surface area is 127 Å². The van der Waals surface area contributed by atoms with E-state index in [1.807, 2.05) is 12.1 Å². The van der Waals surface area contributed by atoms with E-state index in [4.69, 9.17) is 0 Å². The van der Waals surface area contributed by atoms with Crippen LogP contribution in [-0.4, -0.2) is 47.1 Å². The van der Waals surface area contributed by atoms with Gasteiger partial charge in [-0.15, -0.1) is 0 Å². The van der Waals surface area contributed by atoms with Crippen LogP contribution in [0.1, 0.15) is 49.3 Å². The molecule has 3 nitrogen and oxygen atoms in total. The number of fused-ring (bicyclic) bond motifs is 3. The average molecular weight is 286 g/mol. The standard InChI is InChI=1S/C18H26N2O/c1-19-13-8-9-14(19)12-20(11-10-13)17-6-2-5-16-15(17)4-3-7-18(16)21/h3-4,7,13-14,17,21H,2,5-6,8-12H2,1H3. The Morgan fingerprint density at radius 3 is 2.86 bits per heavy atom. The highest BCUT2D eigenvalue weighted by molar-refractivity contribution is 5.42. The van der Waals surface area contributed by atoms with Crippen molar-refractivity contribution in [3.8, 4) is 5.75 Å². The molecule has 3 atom stereocenters. The van der Waals surface area contributed by atoms with Crippen molar-refractivity contribution < 1.29 is 5.11 Å². The molecule has 4 rings (SSSR count). The molecule has 1 N–H and O–H groups in total. The van der Waals surface area contributed by atoms with Gasteiger partial charge in [0.05, 0.1) is 0 Å². The molecule has 21 heavy (non-hydrogen) atoms. The number of aromatic hydroxyl groups is 1. The second-order valence-electron chi connectivity index (χ2n) is 7.09. The number of benzene rings is 1. The summed E-state index contributed by atoms with van der Waals surface area (Å²) in [6, 6.07) is 8.16. The first-order valence-electron chi connectivity index (χ1n) is 8.51. The summed E-state index contributed by atoms with van der Waals surface area (Å²) < 4.78 is 0. The van der Waals surface area contributed by atoms with Crippen LogP contribution in [0.3, 0.4) is 0 Å². The third-order valence-corrected chi connectivity index (χ3v) is 6.07. The molecule has 2 heterocycles. The topological polar surface area (TPSA) is 26.7 Å². The van der Waals surface area contributed by atoms with Gasteiger partial charge in [-0.3, -0.25) is 9.80 Å². The first-order chi connectivity index (χ1) is 10.2. The first-order valence-corrected chi connectivity index (χ1v) is 8.51. The Bertz CT molecular complexity index is 530. The Morgan fingerprint density at radius 1 is 1.10 bits per heavy atom. The molecule has 0 aromatic heterocycles. The minimum Gasteiger partial charge on any atom is -0.508 e. The number of likely N-dealkylation sites (N-methyl/N-ethyl adjacent to an activating group) is 1. The molecule has 114 valence electrons.